The molecule has 1 saturated heterocycles. The van der Waals surface area contributed by atoms with E-state index in [1.165, 1.54) is 0 Å². The summed E-state index contributed by atoms with van der Waals surface area (Å²) < 4.78 is 5.24. The Labute approximate surface area is 163 Å². The Morgan fingerprint density at radius 1 is 1.18 bits per heavy atom. The van der Waals surface area contributed by atoms with E-state index in [9.17, 15) is 4.79 Å². The van der Waals surface area contributed by atoms with Gasteiger partial charge in [-0.1, -0.05) is 5.16 Å². The van der Waals surface area contributed by atoms with Gasteiger partial charge in [-0.05, 0) is 39.5 Å². The van der Waals surface area contributed by atoms with Crippen LogP contribution >= 0.6 is 0 Å². The predicted molar refractivity (Wildman–Crippen MR) is 101 cm³/mol. The SMILES string of the molecule is Cc1cnc(C(=O)N2CC[C@@H](Cc3cncc(-c4c(C)noc4C)n3)C2)cn1. The van der Waals surface area contributed by atoms with Crippen LogP contribution in [0.2, 0.25) is 0 Å². The van der Waals surface area contributed by atoms with Gasteiger partial charge in [0.25, 0.3) is 5.91 Å². The lowest BCUT2D eigenvalue weighted by atomic mass is 10.0. The quantitative estimate of drug-likeness (QED) is 0.688. The van der Waals surface area contributed by atoms with Crippen LogP contribution in [0.5, 0.6) is 0 Å². The molecule has 0 saturated carbocycles. The highest BCUT2D eigenvalue weighted by molar-refractivity contribution is 5.92. The molecule has 3 aromatic rings. The van der Waals surface area contributed by atoms with Gasteiger partial charge in [0.15, 0.2) is 0 Å². The molecule has 0 N–H and O–H groups in total. The molecule has 1 aliphatic rings. The van der Waals surface area contributed by atoms with E-state index >= 15 is 0 Å². The first kappa shape index (κ1) is 18.2. The molecule has 1 amide bonds. The maximum Gasteiger partial charge on any atom is 0.274 e. The summed E-state index contributed by atoms with van der Waals surface area (Å²) >= 11 is 0. The van der Waals surface area contributed by atoms with Crippen molar-refractivity contribution in [2.45, 2.75) is 33.6 Å². The van der Waals surface area contributed by atoms with Crippen molar-refractivity contribution in [2.24, 2.45) is 5.92 Å². The lowest BCUT2D eigenvalue weighted by Crippen LogP contribution is -2.29. The van der Waals surface area contributed by atoms with Crippen molar-refractivity contribution in [1.29, 1.82) is 0 Å². The maximum absolute atomic E-state index is 12.6. The Bertz CT molecular complexity index is 979. The molecule has 8 nitrogen and oxygen atoms in total. The second-order valence-corrected chi connectivity index (χ2v) is 7.25. The van der Waals surface area contributed by atoms with E-state index in [2.05, 4.69) is 20.1 Å². The van der Waals surface area contributed by atoms with Crippen molar-refractivity contribution in [1.82, 2.24) is 30.0 Å². The fourth-order valence-corrected chi connectivity index (χ4v) is 3.62. The van der Waals surface area contributed by atoms with Gasteiger partial charge in [-0.15, -0.1) is 0 Å². The van der Waals surface area contributed by atoms with Gasteiger partial charge in [0.05, 0.1) is 40.7 Å². The van der Waals surface area contributed by atoms with Gasteiger partial charge in [-0.2, -0.15) is 0 Å². The van der Waals surface area contributed by atoms with E-state index in [4.69, 9.17) is 9.51 Å². The summed E-state index contributed by atoms with van der Waals surface area (Å²) in [4.78, 5) is 31.9. The van der Waals surface area contributed by atoms with Crippen LogP contribution in [-0.4, -0.2) is 49.0 Å². The number of nitrogens with zero attached hydrogens (tertiary/aromatic N) is 6. The van der Waals surface area contributed by atoms with Crippen molar-refractivity contribution in [3.63, 3.8) is 0 Å². The van der Waals surface area contributed by atoms with Crippen LogP contribution in [-0.2, 0) is 6.42 Å². The zero-order valence-electron chi connectivity index (χ0n) is 16.2. The lowest BCUT2D eigenvalue weighted by molar-refractivity contribution is 0.0780. The summed E-state index contributed by atoms with van der Waals surface area (Å²) in [6, 6.07) is 0. The average molecular weight is 378 g/mol. The van der Waals surface area contributed by atoms with E-state index in [0.29, 0.717) is 18.2 Å². The monoisotopic (exact) mass is 378 g/mol. The Morgan fingerprint density at radius 2 is 2.04 bits per heavy atom. The number of likely N-dealkylation sites (tertiary alicyclic amines) is 1. The molecule has 1 atom stereocenters. The maximum atomic E-state index is 12.6. The van der Waals surface area contributed by atoms with E-state index in [0.717, 1.165) is 53.5 Å². The first-order valence-corrected chi connectivity index (χ1v) is 9.33. The second-order valence-electron chi connectivity index (χ2n) is 7.25. The number of rotatable bonds is 4. The first-order chi connectivity index (χ1) is 13.5. The smallest absolute Gasteiger partial charge is 0.274 e. The third kappa shape index (κ3) is 3.62. The van der Waals surface area contributed by atoms with Crippen molar-refractivity contribution in [2.75, 3.05) is 13.1 Å². The van der Waals surface area contributed by atoms with Gasteiger partial charge in [-0.3, -0.25) is 14.8 Å². The third-order valence-corrected chi connectivity index (χ3v) is 5.04. The Morgan fingerprint density at radius 3 is 2.75 bits per heavy atom. The molecule has 8 heteroatoms. The number of aromatic nitrogens is 5. The van der Waals surface area contributed by atoms with Gasteiger partial charge in [-0.25, -0.2) is 9.97 Å². The van der Waals surface area contributed by atoms with Crippen LogP contribution in [0.15, 0.2) is 29.3 Å². The minimum absolute atomic E-state index is 0.0643. The fraction of sp³-hybridized carbons (Fsp3) is 0.400. The zero-order valence-corrected chi connectivity index (χ0v) is 16.2. The summed E-state index contributed by atoms with van der Waals surface area (Å²) in [6.45, 7) is 7.03. The molecule has 0 spiro atoms. The molecular formula is C20H22N6O2. The first-order valence-electron chi connectivity index (χ1n) is 9.33. The molecule has 28 heavy (non-hydrogen) atoms. The molecule has 4 heterocycles. The highest BCUT2D eigenvalue weighted by Crippen LogP contribution is 2.26. The summed E-state index contributed by atoms with van der Waals surface area (Å²) in [5, 5.41) is 3.99. The van der Waals surface area contributed by atoms with E-state index in [1.54, 1.807) is 24.8 Å². The molecule has 4 rings (SSSR count). The second kappa shape index (κ2) is 7.46. The van der Waals surface area contributed by atoms with Crippen LogP contribution in [0.25, 0.3) is 11.3 Å². The highest BCUT2D eigenvalue weighted by Gasteiger charge is 2.28. The molecule has 0 unspecified atom stereocenters. The van der Waals surface area contributed by atoms with Crippen LogP contribution in [0.1, 0.15) is 39.8 Å². The summed E-state index contributed by atoms with van der Waals surface area (Å²) in [5.74, 6) is 1.02. The minimum atomic E-state index is -0.0643. The van der Waals surface area contributed by atoms with E-state index < -0.39 is 0 Å². The van der Waals surface area contributed by atoms with Gasteiger partial charge in [0.2, 0.25) is 0 Å². The van der Waals surface area contributed by atoms with E-state index in [1.807, 2.05) is 25.7 Å². The van der Waals surface area contributed by atoms with Crippen molar-refractivity contribution in [3.8, 4) is 11.3 Å². The van der Waals surface area contributed by atoms with Gasteiger partial charge in [0.1, 0.15) is 11.5 Å². The Kier molecular flexibility index (Phi) is 4.85. The average Bonchev–Trinajstić information content (AvgIpc) is 3.28. The molecule has 0 bridgehead atoms. The number of carbonyl (C=O) groups is 1. The molecule has 0 aromatic carbocycles. The molecule has 0 aliphatic carbocycles. The number of hydrogen-bond donors (Lipinski definition) is 0. The van der Waals surface area contributed by atoms with Gasteiger partial charge >= 0.3 is 0 Å². The van der Waals surface area contributed by atoms with Crippen molar-refractivity contribution < 1.29 is 9.32 Å². The topological polar surface area (TPSA) is 97.9 Å². The van der Waals surface area contributed by atoms with Crippen molar-refractivity contribution in [3.05, 3.63) is 53.3 Å². The molecule has 1 aliphatic heterocycles. The number of hydrogen-bond acceptors (Lipinski definition) is 7. The normalized spacial score (nSPS) is 16.5. The Hall–Kier alpha value is -3.16. The molecule has 144 valence electrons. The zero-order chi connectivity index (χ0) is 19.7. The van der Waals surface area contributed by atoms with Crippen LogP contribution in [0.4, 0.5) is 0 Å². The molecule has 1 fully saturated rings. The molecular weight excluding hydrogens is 356 g/mol. The van der Waals surface area contributed by atoms with Crippen LogP contribution in [0.3, 0.4) is 0 Å². The number of amides is 1. The van der Waals surface area contributed by atoms with E-state index in [-0.39, 0.29) is 5.91 Å². The number of carbonyl (C=O) groups excluding carboxylic acids is 1. The Balaban J connectivity index is 1.44. The predicted octanol–water partition coefficient (Wildman–Crippen LogP) is 2.55. The standard InChI is InChI=1S/C20H22N6O2/c1-12-7-23-18(10-22-12)20(27)26-5-4-15(11-26)6-16-8-21-9-17(24-16)19-13(2)25-28-14(19)3/h7-10,15H,4-6,11H2,1-3H3/t15-/m0/s1. The number of aryl methyl sites for hydroxylation is 3. The third-order valence-electron chi connectivity index (χ3n) is 5.04. The largest absolute Gasteiger partial charge is 0.361 e. The summed E-state index contributed by atoms with van der Waals surface area (Å²) in [7, 11) is 0. The summed E-state index contributed by atoms with van der Waals surface area (Å²) in [5.41, 5.74) is 4.58. The molecule has 3 aromatic heterocycles. The van der Waals surface area contributed by atoms with Crippen LogP contribution < -0.4 is 0 Å². The van der Waals surface area contributed by atoms with Gasteiger partial charge < -0.3 is 9.42 Å². The minimum Gasteiger partial charge on any atom is -0.361 e. The molecule has 0 radical (unpaired) electrons. The summed E-state index contributed by atoms with van der Waals surface area (Å²) in [6.07, 6.45) is 8.39. The highest BCUT2D eigenvalue weighted by atomic mass is 16.5. The van der Waals surface area contributed by atoms with Gasteiger partial charge in [0, 0.05) is 25.5 Å². The lowest BCUT2D eigenvalue weighted by Gasteiger charge is -2.16. The van der Waals surface area contributed by atoms with Crippen LogP contribution in [0, 0.1) is 26.7 Å². The fourth-order valence-electron chi connectivity index (χ4n) is 3.62. The van der Waals surface area contributed by atoms with Crippen molar-refractivity contribution >= 4 is 5.91 Å².